The number of hydrogen-bond acceptors (Lipinski definition) is 4. The second-order valence-electron chi connectivity index (χ2n) is 7.41. The first-order valence-electron chi connectivity index (χ1n) is 8.95. The fraction of sp³-hybridized carbons (Fsp3) is 0.318. The Morgan fingerprint density at radius 3 is 2.27 bits per heavy atom. The zero-order valence-corrected chi connectivity index (χ0v) is 15.7. The molecule has 0 aliphatic heterocycles. The average molecular weight is 351 g/mol. The van der Waals surface area contributed by atoms with Gasteiger partial charge in [0.25, 0.3) is 0 Å². The minimum Gasteiger partial charge on any atom is -0.508 e. The van der Waals surface area contributed by atoms with E-state index in [4.69, 9.17) is 4.42 Å². The topological polar surface area (TPSA) is 66.5 Å². The minimum absolute atomic E-state index is 0.0153. The lowest BCUT2D eigenvalue weighted by molar-refractivity contribution is 0.445. The van der Waals surface area contributed by atoms with Crippen LogP contribution < -0.4 is 0 Å². The molecule has 0 amide bonds. The van der Waals surface area contributed by atoms with Crippen molar-refractivity contribution >= 4 is 0 Å². The van der Waals surface area contributed by atoms with Crippen molar-refractivity contribution in [3.8, 4) is 34.1 Å². The average Bonchev–Trinajstić information content (AvgIpc) is 3.04. The predicted molar refractivity (Wildman–Crippen MR) is 103 cm³/mol. The first-order chi connectivity index (χ1) is 12.4. The van der Waals surface area contributed by atoms with Crippen molar-refractivity contribution in [2.24, 2.45) is 5.92 Å². The summed E-state index contributed by atoms with van der Waals surface area (Å²) in [5, 5.41) is 20.4. The van der Waals surface area contributed by atoms with E-state index < -0.39 is 0 Å². The van der Waals surface area contributed by atoms with Crippen molar-refractivity contribution in [1.29, 1.82) is 0 Å². The number of oxazole rings is 1. The second-order valence-corrected chi connectivity index (χ2v) is 7.41. The third-order valence-electron chi connectivity index (χ3n) is 4.45. The summed E-state index contributed by atoms with van der Waals surface area (Å²) in [5.41, 5.74) is 4.07. The number of benzene rings is 2. The Labute approximate surface area is 154 Å². The summed E-state index contributed by atoms with van der Waals surface area (Å²) in [7, 11) is 0. The van der Waals surface area contributed by atoms with Gasteiger partial charge in [-0.3, -0.25) is 0 Å². The molecular weight excluding hydrogens is 326 g/mol. The molecule has 0 aliphatic carbocycles. The van der Waals surface area contributed by atoms with Crippen LogP contribution in [0.5, 0.6) is 11.5 Å². The lowest BCUT2D eigenvalue weighted by Crippen LogP contribution is -1.94. The van der Waals surface area contributed by atoms with Crippen molar-refractivity contribution in [3.63, 3.8) is 0 Å². The third kappa shape index (κ3) is 3.59. The van der Waals surface area contributed by atoms with Crippen molar-refractivity contribution < 1.29 is 14.6 Å². The molecule has 136 valence electrons. The predicted octanol–water partition coefficient (Wildman–Crippen LogP) is 5.74. The van der Waals surface area contributed by atoms with Gasteiger partial charge in [0, 0.05) is 17.2 Å². The summed E-state index contributed by atoms with van der Waals surface area (Å²) in [5.74, 6) is 1.41. The summed E-state index contributed by atoms with van der Waals surface area (Å²) in [4.78, 5) is 4.32. The Hall–Kier alpha value is -2.75. The molecule has 0 fully saturated rings. The Morgan fingerprint density at radius 2 is 1.65 bits per heavy atom. The fourth-order valence-electron chi connectivity index (χ4n) is 3.15. The number of rotatable bonds is 5. The van der Waals surface area contributed by atoms with Crippen LogP contribution in [0.15, 0.2) is 47.2 Å². The van der Waals surface area contributed by atoms with E-state index in [1.165, 1.54) is 18.0 Å². The van der Waals surface area contributed by atoms with E-state index in [1.807, 2.05) is 26.0 Å². The molecule has 2 N–H and O–H groups in total. The summed E-state index contributed by atoms with van der Waals surface area (Å²) in [6.45, 7) is 8.38. The Morgan fingerprint density at radius 1 is 0.962 bits per heavy atom. The molecule has 0 unspecified atom stereocenters. The van der Waals surface area contributed by atoms with Gasteiger partial charge in [-0.05, 0) is 35.4 Å². The molecular formula is C22H25NO3. The standard InChI is InChI=1S/C22H25NO3/c1-13(2)9-15-5-7-16(8-6-15)22-21(23-12-26-22)18-10-17(14(3)4)19(24)11-20(18)25/h5-8,10-14,24-25H,9H2,1-4H3. The van der Waals surface area contributed by atoms with E-state index in [0.29, 0.717) is 22.9 Å². The highest BCUT2D eigenvalue weighted by atomic mass is 16.3. The van der Waals surface area contributed by atoms with Crippen molar-refractivity contribution in [2.45, 2.75) is 40.0 Å². The summed E-state index contributed by atoms with van der Waals surface area (Å²) < 4.78 is 5.63. The molecule has 4 heteroatoms. The number of phenolic OH excluding ortho intramolecular Hbond substituents is 2. The van der Waals surface area contributed by atoms with Gasteiger partial charge < -0.3 is 14.6 Å². The molecule has 26 heavy (non-hydrogen) atoms. The summed E-state index contributed by atoms with van der Waals surface area (Å²) >= 11 is 0. The normalized spacial score (nSPS) is 11.5. The SMILES string of the molecule is CC(C)Cc1ccc(-c2ocnc2-c2cc(C(C)C)c(O)cc2O)cc1. The zero-order valence-electron chi connectivity index (χ0n) is 15.7. The molecule has 4 nitrogen and oxygen atoms in total. The van der Waals surface area contributed by atoms with E-state index in [9.17, 15) is 10.2 Å². The molecule has 0 bridgehead atoms. The van der Waals surface area contributed by atoms with E-state index in [2.05, 4.69) is 31.0 Å². The van der Waals surface area contributed by atoms with Gasteiger partial charge in [-0.25, -0.2) is 4.98 Å². The molecule has 3 rings (SSSR count). The highest BCUT2D eigenvalue weighted by Crippen LogP contribution is 2.41. The van der Waals surface area contributed by atoms with Crippen molar-refractivity contribution in [2.75, 3.05) is 0 Å². The molecule has 0 saturated carbocycles. The smallest absolute Gasteiger partial charge is 0.182 e. The van der Waals surface area contributed by atoms with Crippen LogP contribution in [0.2, 0.25) is 0 Å². The monoisotopic (exact) mass is 351 g/mol. The maximum absolute atomic E-state index is 10.3. The lowest BCUT2D eigenvalue weighted by atomic mass is 9.96. The number of aromatic hydroxyl groups is 2. The number of nitrogens with zero attached hydrogens (tertiary/aromatic N) is 1. The maximum atomic E-state index is 10.3. The van der Waals surface area contributed by atoms with Gasteiger partial charge in [0.2, 0.25) is 0 Å². The summed E-state index contributed by atoms with van der Waals surface area (Å²) in [6, 6.07) is 11.4. The molecule has 2 aromatic carbocycles. The Balaban J connectivity index is 2.03. The van der Waals surface area contributed by atoms with Crippen LogP contribution in [0.1, 0.15) is 44.7 Å². The van der Waals surface area contributed by atoms with E-state index >= 15 is 0 Å². The van der Waals surface area contributed by atoms with Gasteiger partial charge in [0.05, 0.1) is 0 Å². The second kappa shape index (κ2) is 7.24. The fourth-order valence-corrected chi connectivity index (χ4v) is 3.15. The van der Waals surface area contributed by atoms with Crippen LogP contribution in [0.25, 0.3) is 22.6 Å². The molecule has 0 aliphatic rings. The van der Waals surface area contributed by atoms with Crippen LogP contribution in [0.3, 0.4) is 0 Å². The largest absolute Gasteiger partial charge is 0.508 e. The number of aromatic nitrogens is 1. The van der Waals surface area contributed by atoms with Gasteiger partial charge in [0.15, 0.2) is 12.2 Å². The Kier molecular flexibility index (Phi) is 5.03. The molecule has 0 spiro atoms. The van der Waals surface area contributed by atoms with Crippen LogP contribution in [0, 0.1) is 5.92 Å². The lowest BCUT2D eigenvalue weighted by Gasteiger charge is -2.12. The minimum atomic E-state index is -0.0153. The van der Waals surface area contributed by atoms with Gasteiger partial charge in [-0.1, -0.05) is 52.0 Å². The van der Waals surface area contributed by atoms with Crippen LogP contribution in [-0.4, -0.2) is 15.2 Å². The Bertz CT molecular complexity index is 892. The van der Waals surface area contributed by atoms with Crippen LogP contribution in [-0.2, 0) is 6.42 Å². The van der Waals surface area contributed by atoms with E-state index in [-0.39, 0.29) is 17.4 Å². The number of hydrogen-bond donors (Lipinski definition) is 2. The van der Waals surface area contributed by atoms with Crippen molar-refractivity contribution in [3.05, 3.63) is 53.9 Å². The van der Waals surface area contributed by atoms with E-state index in [0.717, 1.165) is 17.5 Å². The molecule has 1 heterocycles. The molecule has 0 saturated heterocycles. The van der Waals surface area contributed by atoms with E-state index in [1.54, 1.807) is 6.07 Å². The molecule has 0 radical (unpaired) electrons. The van der Waals surface area contributed by atoms with Gasteiger partial charge in [-0.2, -0.15) is 0 Å². The highest BCUT2D eigenvalue weighted by Gasteiger charge is 2.19. The first-order valence-corrected chi connectivity index (χ1v) is 8.95. The highest BCUT2D eigenvalue weighted by molar-refractivity contribution is 5.81. The van der Waals surface area contributed by atoms with Gasteiger partial charge in [0.1, 0.15) is 17.2 Å². The van der Waals surface area contributed by atoms with Crippen LogP contribution in [0.4, 0.5) is 0 Å². The zero-order chi connectivity index (χ0) is 18.8. The van der Waals surface area contributed by atoms with Crippen molar-refractivity contribution in [1.82, 2.24) is 4.98 Å². The molecule has 0 atom stereocenters. The van der Waals surface area contributed by atoms with Gasteiger partial charge >= 0.3 is 0 Å². The third-order valence-corrected chi connectivity index (χ3v) is 4.45. The maximum Gasteiger partial charge on any atom is 0.182 e. The molecule has 1 aromatic heterocycles. The quantitative estimate of drug-likeness (QED) is 0.615. The van der Waals surface area contributed by atoms with Crippen LogP contribution >= 0.6 is 0 Å². The summed E-state index contributed by atoms with van der Waals surface area (Å²) in [6.07, 6.45) is 2.41. The van der Waals surface area contributed by atoms with Gasteiger partial charge in [-0.15, -0.1) is 0 Å². The number of phenols is 2. The molecule has 3 aromatic rings. The first kappa shape index (κ1) is 18.1.